The van der Waals surface area contributed by atoms with Gasteiger partial charge in [0.25, 0.3) is 5.91 Å². The van der Waals surface area contributed by atoms with E-state index in [9.17, 15) is 4.79 Å². The summed E-state index contributed by atoms with van der Waals surface area (Å²) in [5.74, 6) is -0.240. The number of anilines is 2. The first-order valence-electron chi connectivity index (χ1n) is 6.13. The lowest BCUT2D eigenvalue weighted by Gasteiger charge is -2.05. The summed E-state index contributed by atoms with van der Waals surface area (Å²) in [4.78, 5) is 22.9. The number of benzene rings is 1. The number of hydrogen-bond acceptors (Lipinski definition) is 6. The number of nitrogens with one attached hydrogen (secondary N) is 1. The van der Waals surface area contributed by atoms with Crippen molar-refractivity contribution in [1.29, 1.82) is 0 Å². The number of nitrogen functional groups attached to an aromatic ring is 1. The summed E-state index contributed by atoms with van der Waals surface area (Å²) in [6, 6.07) is 7.65. The van der Waals surface area contributed by atoms with Gasteiger partial charge >= 0.3 is 0 Å². The molecule has 106 valence electrons. The molecule has 0 saturated carbocycles. The van der Waals surface area contributed by atoms with E-state index >= 15 is 0 Å². The Morgan fingerprint density at radius 2 is 2.14 bits per heavy atom. The minimum Gasteiger partial charge on any atom is -0.396 e. The number of nitrogens with zero attached hydrogens (tertiary/aromatic N) is 2. The average molecular weight is 316 g/mol. The first-order chi connectivity index (χ1) is 10.2. The Morgan fingerprint density at radius 1 is 1.33 bits per heavy atom. The van der Waals surface area contributed by atoms with Gasteiger partial charge in [0, 0.05) is 23.0 Å². The van der Waals surface area contributed by atoms with Crippen LogP contribution in [0.4, 0.5) is 11.4 Å². The molecule has 7 heteroatoms. The topological polar surface area (TPSA) is 80.9 Å². The third-order valence-corrected chi connectivity index (χ3v) is 4.72. The normalized spacial score (nSPS) is 10.7. The molecule has 0 radical (unpaired) electrons. The van der Waals surface area contributed by atoms with Crippen molar-refractivity contribution < 1.29 is 4.79 Å². The molecular weight excluding hydrogens is 304 g/mol. The smallest absolute Gasteiger partial charge is 0.268 e. The molecule has 0 spiro atoms. The molecule has 3 aromatic rings. The molecule has 1 amide bonds. The summed E-state index contributed by atoms with van der Waals surface area (Å²) < 4.78 is 0. The van der Waals surface area contributed by atoms with Gasteiger partial charge in [0.1, 0.15) is 15.2 Å². The second kappa shape index (κ2) is 5.71. The van der Waals surface area contributed by atoms with Crippen LogP contribution in [0, 0.1) is 0 Å². The minimum absolute atomic E-state index is 0.240. The molecule has 0 fully saturated rings. The van der Waals surface area contributed by atoms with E-state index in [-0.39, 0.29) is 5.91 Å². The zero-order valence-electron chi connectivity index (χ0n) is 11.2. The van der Waals surface area contributed by atoms with Crippen molar-refractivity contribution in [3.63, 3.8) is 0 Å². The number of fused-ring (bicyclic) bond motifs is 1. The van der Waals surface area contributed by atoms with Crippen molar-refractivity contribution in [2.24, 2.45) is 0 Å². The summed E-state index contributed by atoms with van der Waals surface area (Å²) in [5, 5.41) is 2.86. The van der Waals surface area contributed by atoms with Gasteiger partial charge in [-0.05, 0) is 24.5 Å². The van der Waals surface area contributed by atoms with Crippen LogP contribution in [-0.4, -0.2) is 22.1 Å². The Kier molecular flexibility index (Phi) is 3.76. The van der Waals surface area contributed by atoms with Crippen LogP contribution in [0.1, 0.15) is 9.67 Å². The Hall–Kier alpha value is -2.12. The predicted molar refractivity (Wildman–Crippen MR) is 88.0 cm³/mol. The van der Waals surface area contributed by atoms with Gasteiger partial charge in [-0.25, -0.2) is 9.97 Å². The minimum atomic E-state index is -0.240. The van der Waals surface area contributed by atoms with Crippen molar-refractivity contribution in [2.75, 3.05) is 17.3 Å². The molecule has 3 rings (SSSR count). The second-order valence-electron chi connectivity index (χ2n) is 4.24. The first kappa shape index (κ1) is 13.8. The van der Waals surface area contributed by atoms with Gasteiger partial charge in [-0.15, -0.1) is 23.1 Å². The highest BCUT2D eigenvalue weighted by Crippen LogP contribution is 2.31. The average Bonchev–Trinajstić information content (AvgIpc) is 2.85. The Balaban J connectivity index is 1.91. The van der Waals surface area contributed by atoms with E-state index in [1.54, 1.807) is 24.2 Å². The third kappa shape index (κ3) is 2.70. The fourth-order valence-electron chi connectivity index (χ4n) is 1.90. The predicted octanol–water partition coefficient (Wildman–Crippen LogP) is 3.25. The van der Waals surface area contributed by atoms with Crippen molar-refractivity contribution in [3.05, 3.63) is 41.5 Å². The summed E-state index contributed by atoms with van der Waals surface area (Å²) >= 11 is 2.86. The molecule has 1 aromatic carbocycles. The lowest BCUT2D eigenvalue weighted by Crippen LogP contribution is -2.11. The largest absolute Gasteiger partial charge is 0.396 e. The number of amides is 1. The number of carbonyl (C=O) groups is 1. The van der Waals surface area contributed by atoms with Gasteiger partial charge < -0.3 is 11.1 Å². The second-order valence-corrected chi connectivity index (χ2v) is 6.12. The zero-order valence-corrected chi connectivity index (χ0v) is 12.8. The van der Waals surface area contributed by atoms with Crippen LogP contribution >= 0.6 is 23.1 Å². The molecule has 21 heavy (non-hydrogen) atoms. The number of nitrogens with two attached hydrogens (primary N) is 1. The lowest BCUT2D eigenvalue weighted by atomic mass is 10.3. The zero-order chi connectivity index (χ0) is 14.8. The maximum atomic E-state index is 12.4. The molecule has 0 aliphatic rings. The van der Waals surface area contributed by atoms with E-state index in [4.69, 9.17) is 5.73 Å². The Labute approximate surface area is 129 Å². The molecule has 0 unspecified atom stereocenters. The van der Waals surface area contributed by atoms with Crippen LogP contribution in [0.15, 0.2) is 41.6 Å². The Bertz CT molecular complexity index is 816. The molecular formula is C14H12N4OS2. The maximum absolute atomic E-state index is 12.4. The van der Waals surface area contributed by atoms with Crippen LogP contribution in [0.5, 0.6) is 0 Å². The van der Waals surface area contributed by atoms with E-state index in [0.717, 1.165) is 10.6 Å². The van der Waals surface area contributed by atoms with E-state index in [0.29, 0.717) is 20.9 Å². The van der Waals surface area contributed by atoms with E-state index in [2.05, 4.69) is 15.3 Å². The highest BCUT2D eigenvalue weighted by atomic mass is 32.2. The van der Waals surface area contributed by atoms with Crippen LogP contribution < -0.4 is 11.1 Å². The highest BCUT2D eigenvalue weighted by molar-refractivity contribution is 7.98. The highest BCUT2D eigenvalue weighted by Gasteiger charge is 2.18. The summed E-state index contributed by atoms with van der Waals surface area (Å²) in [6.07, 6.45) is 5.14. The van der Waals surface area contributed by atoms with Crippen LogP contribution in [0.3, 0.4) is 0 Å². The van der Waals surface area contributed by atoms with Crippen molar-refractivity contribution in [3.8, 4) is 0 Å². The van der Waals surface area contributed by atoms with E-state index in [1.165, 1.54) is 11.3 Å². The number of thioether (sulfide) groups is 1. The number of rotatable bonds is 3. The summed E-state index contributed by atoms with van der Waals surface area (Å²) in [5.41, 5.74) is 7.68. The summed E-state index contributed by atoms with van der Waals surface area (Å²) in [6.45, 7) is 0. The van der Waals surface area contributed by atoms with Gasteiger partial charge in [0.2, 0.25) is 0 Å². The monoisotopic (exact) mass is 316 g/mol. The standard InChI is InChI=1S/C14H12N4OS2/c1-20-9-4-2-3-8(7-9)18-13(19)12-10(15)11-14(21-12)17-6-5-16-11/h2-7H,15H2,1H3,(H,18,19). The van der Waals surface area contributed by atoms with Gasteiger partial charge in [-0.1, -0.05) is 6.07 Å². The van der Waals surface area contributed by atoms with Gasteiger partial charge in [0.15, 0.2) is 0 Å². The Morgan fingerprint density at radius 3 is 2.90 bits per heavy atom. The molecule has 3 N–H and O–H groups in total. The molecule has 0 bridgehead atoms. The van der Waals surface area contributed by atoms with Crippen LogP contribution in [-0.2, 0) is 0 Å². The molecule has 2 aromatic heterocycles. The van der Waals surface area contributed by atoms with E-state index < -0.39 is 0 Å². The van der Waals surface area contributed by atoms with Gasteiger partial charge in [-0.3, -0.25) is 4.79 Å². The van der Waals surface area contributed by atoms with Crippen molar-refractivity contribution in [2.45, 2.75) is 4.90 Å². The first-order valence-corrected chi connectivity index (χ1v) is 8.17. The van der Waals surface area contributed by atoms with Crippen LogP contribution in [0.2, 0.25) is 0 Å². The van der Waals surface area contributed by atoms with Crippen LogP contribution in [0.25, 0.3) is 10.3 Å². The van der Waals surface area contributed by atoms with E-state index in [1.807, 2.05) is 30.5 Å². The molecule has 5 nitrogen and oxygen atoms in total. The number of aromatic nitrogens is 2. The molecule has 0 saturated heterocycles. The fourth-order valence-corrected chi connectivity index (χ4v) is 3.28. The van der Waals surface area contributed by atoms with Gasteiger partial charge in [-0.2, -0.15) is 0 Å². The third-order valence-electron chi connectivity index (χ3n) is 2.90. The SMILES string of the molecule is CSc1cccc(NC(=O)c2sc3nccnc3c2N)c1. The van der Waals surface area contributed by atoms with Crippen molar-refractivity contribution in [1.82, 2.24) is 9.97 Å². The molecule has 0 aliphatic carbocycles. The maximum Gasteiger partial charge on any atom is 0.268 e. The lowest BCUT2D eigenvalue weighted by molar-refractivity contribution is 0.103. The number of thiophene rings is 1. The molecule has 2 heterocycles. The number of carbonyl (C=O) groups excluding carboxylic acids is 1. The van der Waals surface area contributed by atoms with Crippen molar-refractivity contribution >= 4 is 50.7 Å². The summed E-state index contributed by atoms with van der Waals surface area (Å²) in [7, 11) is 0. The quantitative estimate of drug-likeness (QED) is 0.725. The fraction of sp³-hybridized carbons (Fsp3) is 0.0714. The number of hydrogen-bond donors (Lipinski definition) is 2. The molecule has 0 atom stereocenters. The molecule has 0 aliphatic heterocycles. The van der Waals surface area contributed by atoms with Gasteiger partial charge in [0.05, 0.1) is 5.69 Å².